The molecular weight excluding hydrogens is 223 g/mol. The molecule has 0 unspecified atom stereocenters. The summed E-state index contributed by atoms with van der Waals surface area (Å²) >= 11 is 0. The lowest BCUT2D eigenvalue weighted by atomic mass is 10.4. The van der Waals surface area contributed by atoms with Crippen molar-refractivity contribution in [3.05, 3.63) is 0 Å². The van der Waals surface area contributed by atoms with Crippen molar-refractivity contribution in [3.8, 4) is 0 Å². The third-order valence-corrected chi connectivity index (χ3v) is 1.82. The summed E-state index contributed by atoms with van der Waals surface area (Å²) in [6.45, 7) is 1.45. The van der Waals surface area contributed by atoms with E-state index < -0.39 is 12.7 Å². The molecule has 0 spiro atoms. The number of hydrogen-bond acceptors (Lipinski definition) is 3. The van der Waals surface area contributed by atoms with E-state index in [0.29, 0.717) is 13.1 Å². The highest BCUT2D eigenvalue weighted by Gasteiger charge is 2.31. The van der Waals surface area contributed by atoms with Gasteiger partial charge in [0.15, 0.2) is 0 Å². The van der Waals surface area contributed by atoms with Crippen LogP contribution in [-0.4, -0.2) is 56.8 Å². The van der Waals surface area contributed by atoms with Crippen molar-refractivity contribution in [1.82, 2.24) is 15.5 Å². The summed E-state index contributed by atoms with van der Waals surface area (Å²) in [5.41, 5.74) is 0. The van der Waals surface area contributed by atoms with Crippen LogP contribution in [0.5, 0.6) is 0 Å². The molecule has 4 nitrogen and oxygen atoms in total. The van der Waals surface area contributed by atoms with Crippen LogP contribution in [0.2, 0.25) is 0 Å². The lowest BCUT2D eigenvalue weighted by Gasteiger charge is -2.22. The largest absolute Gasteiger partial charge is 0.401 e. The van der Waals surface area contributed by atoms with Crippen LogP contribution in [0.3, 0.4) is 0 Å². The number of carbonyl (C=O) groups excluding carboxylic acids is 1. The highest BCUT2D eigenvalue weighted by atomic mass is 19.4. The molecule has 0 saturated heterocycles. The van der Waals surface area contributed by atoms with Crippen LogP contribution < -0.4 is 10.6 Å². The number of rotatable bonds is 7. The first-order chi connectivity index (χ1) is 7.39. The molecule has 96 valence electrons. The average molecular weight is 241 g/mol. The highest BCUT2D eigenvalue weighted by molar-refractivity contribution is 5.77. The molecule has 0 bridgehead atoms. The third kappa shape index (κ3) is 8.49. The number of nitrogens with zero attached hydrogens (tertiary/aromatic N) is 1. The summed E-state index contributed by atoms with van der Waals surface area (Å²) in [6.07, 6.45) is -4.28. The molecule has 0 aromatic heterocycles. The number of nitrogens with one attached hydrogen (secondary N) is 2. The Hall–Kier alpha value is -0.820. The molecule has 16 heavy (non-hydrogen) atoms. The summed E-state index contributed by atoms with van der Waals surface area (Å²) in [6, 6.07) is 0. The normalized spacial score (nSPS) is 11.9. The van der Waals surface area contributed by atoms with Crippen LogP contribution in [-0.2, 0) is 4.79 Å². The van der Waals surface area contributed by atoms with Gasteiger partial charge in [0.05, 0.1) is 13.1 Å². The van der Waals surface area contributed by atoms with Crippen molar-refractivity contribution in [2.24, 2.45) is 0 Å². The Morgan fingerprint density at radius 1 is 1.38 bits per heavy atom. The fraction of sp³-hybridized carbons (Fsp3) is 0.889. The molecule has 0 rings (SSSR count). The van der Waals surface area contributed by atoms with Crippen LogP contribution in [0, 0.1) is 0 Å². The zero-order chi connectivity index (χ0) is 12.6. The van der Waals surface area contributed by atoms with Gasteiger partial charge >= 0.3 is 6.18 Å². The maximum absolute atomic E-state index is 12.2. The fourth-order valence-corrected chi connectivity index (χ4v) is 1.19. The third-order valence-electron chi connectivity index (χ3n) is 1.82. The van der Waals surface area contributed by atoms with Crippen LogP contribution in [0.25, 0.3) is 0 Å². The second-order valence-electron chi connectivity index (χ2n) is 3.38. The van der Waals surface area contributed by atoms with Gasteiger partial charge in [-0.2, -0.15) is 13.2 Å². The molecule has 0 aliphatic rings. The second-order valence-corrected chi connectivity index (χ2v) is 3.38. The maximum Gasteiger partial charge on any atom is 0.401 e. The smallest absolute Gasteiger partial charge is 0.355 e. The average Bonchev–Trinajstić information content (AvgIpc) is 2.12. The quantitative estimate of drug-likeness (QED) is 0.669. The molecular formula is C9H18F3N3O. The Morgan fingerprint density at radius 3 is 2.44 bits per heavy atom. The first kappa shape index (κ1) is 15.2. The second kappa shape index (κ2) is 7.45. The van der Waals surface area contributed by atoms with Crippen LogP contribution in [0.4, 0.5) is 13.2 Å². The Balaban J connectivity index is 4.14. The summed E-state index contributed by atoms with van der Waals surface area (Å²) in [7, 11) is 1.65. The van der Waals surface area contributed by atoms with E-state index in [1.165, 1.54) is 0 Å². The summed E-state index contributed by atoms with van der Waals surface area (Å²) in [5, 5.41) is 5.22. The van der Waals surface area contributed by atoms with Gasteiger partial charge in [-0.1, -0.05) is 0 Å². The monoisotopic (exact) mass is 241 g/mol. The van der Waals surface area contributed by atoms with Crippen LogP contribution >= 0.6 is 0 Å². The SMILES string of the molecule is CCNC(=O)CN(CCNC)CC(F)(F)F. The minimum atomic E-state index is -4.28. The standard InChI is InChI=1S/C9H18F3N3O/c1-3-14-8(16)6-15(5-4-13-2)7-9(10,11)12/h13H,3-7H2,1-2H3,(H,14,16). The van der Waals surface area contributed by atoms with E-state index in [4.69, 9.17) is 0 Å². The molecule has 0 atom stereocenters. The van der Waals surface area contributed by atoms with E-state index in [9.17, 15) is 18.0 Å². The van der Waals surface area contributed by atoms with Crippen LogP contribution in [0.1, 0.15) is 6.92 Å². The fourth-order valence-electron chi connectivity index (χ4n) is 1.19. The molecule has 0 aromatic carbocycles. The molecule has 0 fully saturated rings. The summed E-state index contributed by atoms with van der Waals surface area (Å²) in [5.74, 6) is -0.386. The van der Waals surface area contributed by atoms with E-state index in [-0.39, 0.29) is 19.0 Å². The number of halogens is 3. The zero-order valence-corrected chi connectivity index (χ0v) is 9.52. The van der Waals surface area contributed by atoms with Gasteiger partial charge in [0.1, 0.15) is 0 Å². The lowest BCUT2D eigenvalue weighted by molar-refractivity contribution is -0.148. The first-order valence-electron chi connectivity index (χ1n) is 5.09. The molecule has 1 amide bonds. The predicted molar refractivity (Wildman–Crippen MR) is 55.1 cm³/mol. The zero-order valence-electron chi connectivity index (χ0n) is 9.52. The molecule has 0 aromatic rings. The van der Waals surface area contributed by atoms with Crippen molar-refractivity contribution < 1.29 is 18.0 Å². The highest BCUT2D eigenvalue weighted by Crippen LogP contribution is 2.15. The van der Waals surface area contributed by atoms with Gasteiger partial charge in [-0.3, -0.25) is 9.69 Å². The first-order valence-corrected chi connectivity index (χ1v) is 5.09. The number of likely N-dealkylation sites (N-methyl/N-ethyl adjacent to an activating group) is 2. The van der Waals surface area contributed by atoms with Gasteiger partial charge in [0.2, 0.25) is 5.91 Å². The molecule has 0 heterocycles. The maximum atomic E-state index is 12.2. The number of amides is 1. The molecule has 0 aliphatic heterocycles. The van der Waals surface area contributed by atoms with E-state index in [0.717, 1.165) is 4.90 Å². The molecule has 0 aliphatic carbocycles. The van der Waals surface area contributed by atoms with E-state index >= 15 is 0 Å². The topological polar surface area (TPSA) is 44.4 Å². The number of alkyl halides is 3. The van der Waals surface area contributed by atoms with E-state index in [1.54, 1.807) is 14.0 Å². The molecule has 0 saturated carbocycles. The molecule has 7 heteroatoms. The van der Waals surface area contributed by atoms with Crippen molar-refractivity contribution in [2.75, 3.05) is 39.8 Å². The van der Waals surface area contributed by atoms with E-state index in [2.05, 4.69) is 10.6 Å². The Bertz CT molecular complexity index is 209. The Labute approximate surface area is 93.2 Å². The van der Waals surface area contributed by atoms with Gasteiger partial charge < -0.3 is 10.6 Å². The minimum absolute atomic E-state index is 0.188. The molecule has 2 N–H and O–H groups in total. The minimum Gasteiger partial charge on any atom is -0.355 e. The van der Waals surface area contributed by atoms with Gasteiger partial charge in [-0.25, -0.2) is 0 Å². The lowest BCUT2D eigenvalue weighted by Crippen LogP contribution is -2.44. The summed E-state index contributed by atoms with van der Waals surface area (Å²) in [4.78, 5) is 12.2. The number of hydrogen-bond donors (Lipinski definition) is 2. The predicted octanol–water partition coefficient (Wildman–Crippen LogP) is 0.206. The van der Waals surface area contributed by atoms with Gasteiger partial charge in [0.25, 0.3) is 0 Å². The Morgan fingerprint density at radius 2 is 2.00 bits per heavy atom. The van der Waals surface area contributed by atoms with Gasteiger partial charge in [-0.15, -0.1) is 0 Å². The van der Waals surface area contributed by atoms with Gasteiger partial charge in [-0.05, 0) is 14.0 Å². The van der Waals surface area contributed by atoms with Crippen molar-refractivity contribution in [2.45, 2.75) is 13.1 Å². The van der Waals surface area contributed by atoms with Crippen molar-refractivity contribution in [1.29, 1.82) is 0 Å². The molecule has 0 radical (unpaired) electrons. The van der Waals surface area contributed by atoms with Crippen molar-refractivity contribution >= 4 is 5.91 Å². The van der Waals surface area contributed by atoms with Crippen molar-refractivity contribution in [3.63, 3.8) is 0 Å². The summed E-state index contributed by atoms with van der Waals surface area (Å²) < 4.78 is 36.5. The number of carbonyl (C=O) groups is 1. The Kier molecular flexibility index (Phi) is 7.07. The van der Waals surface area contributed by atoms with Gasteiger partial charge in [0, 0.05) is 19.6 Å². The van der Waals surface area contributed by atoms with E-state index in [1.807, 2.05) is 0 Å². The van der Waals surface area contributed by atoms with Crippen LogP contribution in [0.15, 0.2) is 0 Å².